The highest BCUT2D eigenvalue weighted by Gasteiger charge is 2.46. The molecule has 12 N–H and O–H groups in total. The van der Waals surface area contributed by atoms with Crippen LogP contribution in [-0.2, 0) is 76.9 Å². The van der Waals surface area contributed by atoms with E-state index in [2.05, 4.69) is 56.0 Å². The lowest BCUT2D eigenvalue weighted by Gasteiger charge is -2.25. The molecule has 0 bridgehead atoms. The van der Waals surface area contributed by atoms with Crippen LogP contribution < -0.4 is 32.1 Å². The van der Waals surface area contributed by atoms with E-state index in [9.17, 15) is 63.8 Å². The van der Waals surface area contributed by atoms with Gasteiger partial charge >= 0.3 is 29.5 Å². The number of anilines is 2. The number of benzene rings is 2. The van der Waals surface area contributed by atoms with Crippen molar-refractivity contribution in [2.75, 3.05) is 68.3 Å². The third kappa shape index (κ3) is 21.0. The Balaban J connectivity index is 0.777. The van der Waals surface area contributed by atoms with E-state index in [-0.39, 0.29) is 51.3 Å². The lowest BCUT2D eigenvalue weighted by atomic mass is 9.81. The van der Waals surface area contributed by atoms with Crippen molar-refractivity contribution in [1.82, 2.24) is 30.5 Å². The molecule has 1 fully saturated rings. The van der Waals surface area contributed by atoms with Crippen LogP contribution in [0.25, 0.3) is 11.0 Å². The Morgan fingerprint density at radius 3 is 2.28 bits per heavy atom. The SMILES string of the molecule is CCOC1C[C@H](n2cc(C#CNC(=O)NCCCCCOCSSCCNC(=O)CCCCC[N+]3=C(/C=C/C=C/C=C4\N(CC)c5ccc(S(=O)(=O)O)cc5C4(C)C)C(C)(C)c4cc(S(=O)(=O)O)ccc43)c3c(=O)[nH]c(N)nc32)O[C@@H]1COP(=O)(O)OP(=O)(O)OP(=O)(O)O. The second-order valence-corrected chi connectivity index (χ2v) is 32.6. The van der Waals surface area contributed by atoms with Gasteiger partial charge in [-0.25, -0.2) is 18.5 Å². The van der Waals surface area contributed by atoms with Crippen molar-refractivity contribution in [2.45, 2.75) is 132 Å². The number of hydrogen-bond acceptors (Lipinski definition) is 21. The third-order valence-corrected chi connectivity index (χ3v) is 23.0. The van der Waals surface area contributed by atoms with Crippen LogP contribution in [0.4, 0.5) is 22.1 Å². The Kier molecular flexibility index (Phi) is 26.6. The number of phosphoric ester groups is 1. The predicted octanol–water partition coefficient (Wildman–Crippen LogP) is 7.54. The molecule has 3 amide bonds. The van der Waals surface area contributed by atoms with Crippen molar-refractivity contribution in [2.24, 2.45) is 0 Å². The van der Waals surface area contributed by atoms with E-state index in [1.54, 1.807) is 29.9 Å². The zero-order valence-electron chi connectivity index (χ0n) is 52.7. The van der Waals surface area contributed by atoms with Crippen molar-refractivity contribution in [1.29, 1.82) is 0 Å². The molecule has 3 unspecified atom stereocenters. The molecule has 1 saturated heterocycles. The maximum atomic E-state index is 13.1. The average Bonchev–Trinajstić information content (AvgIpc) is 1.61. The number of phosphoric acid groups is 3. The summed E-state index contributed by atoms with van der Waals surface area (Å²) < 4.78 is 137. The molecule has 31 nitrogen and oxygen atoms in total. The molecule has 0 radical (unpaired) electrons. The van der Waals surface area contributed by atoms with E-state index >= 15 is 0 Å². The highest BCUT2D eigenvalue weighted by molar-refractivity contribution is 8.76. The average molecular weight is 1460 g/mol. The summed E-state index contributed by atoms with van der Waals surface area (Å²) in [7, 11) is -22.6. The number of ether oxygens (including phenoxy) is 3. The van der Waals surface area contributed by atoms with Crippen LogP contribution in [0.2, 0.25) is 0 Å². The highest BCUT2D eigenvalue weighted by atomic mass is 33.1. The van der Waals surface area contributed by atoms with Crippen molar-refractivity contribution < 1.29 is 101 Å². The minimum atomic E-state index is -5.78. The number of H-pyrrole nitrogens is 1. The van der Waals surface area contributed by atoms with Gasteiger partial charge in [-0.15, -0.1) is 0 Å². The van der Waals surface area contributed by atoms with Gasteiger partial charge < -0.3 is 59.6 Å². The molecule has 2 aromatic carbocycles. The van der Waals surface area contributed by atoms with E-state index in [1.165, 1.54) is 45.8 Å². The number of nitrogen functional groups attached to an aromatic ring is 1. The summed E-state index contributed by atoms with van der Waals surface area (Å²) in [5.74, 6) is 3.53. The predicted molar refractivity (Wildman–Crippen MR) is 356 cm³/mol. The molecule has 38 heteroatoms. The molecule has 7 rings (SSSR count). The molecule has 5 heterocycles. The third-order valence-electron chi connectivity index (χ3n) is 15.4. The maximum Gasteiger partial charge on any atom is 0.490 e. The minimum Gasteiger partial charge on any atom is -0.376 e. The van der Waals surface area contributed by atoms with Gasteiger partial charge in [0, 0.05) is 105 Å². The molecular weight excluding hydrogens is 1380 g/mol. The lowest BCUT2D eigenvalue weighted by molar-refractivity contribution is -0.438. The molecule has 5 atom stereocenters. The number of aromatic amines is 1. The van der Waals surface area contributed by atoms with Gasteiger partial charge in [-0.3, -0.25) is 33.5 Å². The largest absolute Gasteiger partial charge is 0.490 e. The summed E-state index contributed by atoms with van der Waals surface area (Å²) in [6.07, 6.45) is 12.8. The van der Waals surface area contributed by atoms with Crippen LogP contribution >= 0.6 is 45.1 Å². The van der Waals surface area contributed by atoms with Gasteiger partial charge in [-0.05, 0) is 108 Å². The summed E-state index contributed by atoms with van der Waals surface area (Å²) in [6, 6.07) is 11.1. The van der Waals surface area contributed by atoms with E-state index in [0.717, 1.165) is 59.6 Å². The minimum absolute atomic E-state index is 0.0155. The van der Waals surface area contributed by atoms with Gasteiger partial charge in [-0.1, -0.05) is 53.7 Å². The number of nitrogens with one attached hydrogen (secondary N) is 4. The van der Waals surface area contributed by atoms with Crippen LogP contribution in [0, 0.1) is 12.0 Å². The molecule has 0 aliphatic carbocycles. The fraction of sp³-hybridized carbons (Fsp3) is 0.491. The number of likely N-dealkylation sites (N-methyl/N-ethyl adjacent to an activating group) is 1. The number of unbranched alkanes of at least 4 members (excludes halogenated alkanes) is 4. The van der Waals surface area contributed by atoms with Crippen LogP contribution in [0.1, 0.15) is 116 Å². The van der Waals surface area contributed by atoms with E-state index in [1.807, 2.05) is 65.0 Å². The molecule has 3 aliphatic heterocycles. The normalized spacial score (nSPS) is 19.5. The number of nitrogens with zero attached hydrogens (tertiary/aromatic N) is 4. The zero-order chi connectivity index (χ0) is 69.7. The molecule has 522 valence electrons. The van der Waals surface area contributed by atoms with Gasteiger partial charge in [0.25, 0.3) is 25.8 Å². The smallest absolute Gasteiger partial charge is 0.376 e. The van der Waals surface area contributed by atoms with E-state index < -0.39 is 91.2 Å². The highest BCUT2D eigenvalue weighted by Crippen LogP contribution is 2.66. The number of carbonyl (C=O) groups is 2. The number of fused-ring (bicyclic) bond motifs is 3. The Labute approximate surface area is 557 Å². The topological polar surface area (TPSA) is 449 Å². The van der Waals surface area contributed by atoms with Gasteiger partial charge in [0.05, 0.1) is 33.5 Å². The quantitative estimate of drug-likeness (QED) is 0.00247. The summed E-state index contributed by atoms with van der Waals surface area (Å²) >= 11 is 0. The fourth-order valence-corrected chi connectivity index (χ4v) is 16.7. The van der Waals surface area contributed by atoms with E-state index in [4.69, 9.17) is 34.3 Å². The van der Waals surface area contributed by atoms with E-state index in [0.29, 0.717) is 63.7 Å². The fourth-order valence-electron chi connectivity index (χ4n) is 11.1. The molecule has 2 aromatic heterocycles. The van der Waals surface area contributed by atoms with Crippen molar-refractivity contribution in [3.05, 3.63) is 106 Å². The van der Waals surface area contributed by atoms with Crippen molar-refractivity contribution in [3.8, 4) is 12.0 Å². The first-order chi connectivity index (χ1) is 44.6. The molecule has 4 aromatic rings. The van der Waals surface area contributed by atoms with Crippen LogP contribution in [0.15, 0.2) is 93.3 Å². The maximum absolute atomic E-state index is 13.1. The first kappa shape index (κ1) is 76.8. The number of nitrogens with two attached hydrogens (primary N) is 1. The number of hydrogen-bond donors (Lipinski definition) is 11. The first-order valence-electron chi connectivity index (χ1n) is 29.9. The van der Waals surface area contributed by atoms with Gasteiger partial charge in [0.1, 0.15) is 30.2 Å². The lowest BCUT2D eigenvalue weighted by Crippen LogP contribution is -2.33. The number of carbonyl (C=O) groups excluding carboxylic acids is 2. The monoisotopic (exact) mass is 1460 g/mol. The number of aromatic nitrogens is 3. The Bertz CT molecular complexity index is 4130. The molecular formula is C57H79N9O22P3S4+. The molecule has 3 aliphatic rings. The van der Waals surface area contributed by atoms with Gasteiger partial charge in [0.15, 0.2) is 11.4 Å². The molecule has 0 spiro atoms. The Hall–Kier alpha value is -5.54. The van der Waals surface area contributed by atoms with Crippen LogP contribution in [0.3, 0.4) is 0 Å². The van der Waals surface area contributed by atoms with Crippen LogP contribution in [-0.4, -0.2) is 152 Å². The number of rotatable bonds is 34. The molecule has 0 saturated carbocycles. The first-order valence-corrected chi connectivity index (χ1v) is 39.8. The van der Waals surface area contributed by atoms with Gasteiger partial charge in [0.2, 0.25) is 17.5 Å². The Morgan fingerprint density at radius 2 is 1.59 bits per heavy atom. The number of allylic oxidation sites excluding steroid dienone is 6. The second-order valence-electron chi connectivity index (χ2n) is 22.8. The second kappa shape index (κ2) is 32.9. The zero-order valence-corrected chi connectivity index (χ0v) is 58.7. The summed E-state index contributed by atoms with van der Waals surface area (Å²) in [4.78, 5) is 83.9. The number of amides is 3. The summed E-state index contributed by atoms with van der Waals surface area (Å²) in [6.45, 7) is 13.5. The summed E-state index contributed by atoms with van der Waals surface area (Å²) in [5, 5.41) is 8.07. The van der Waals surface area contributed by atoms with Crippen molar-refractivity contribution >= 4 is 111 Å². The standard InChI is InChI=1S/C57H78N9O22P3S4/c1-7-64-43-23-21-39(94(77,78)79)32-41(43)56(3,4)47(64)18-12-9-13-19-48-57(5,6)42-33-40(95(80,81)82)22-24-44(42)65(48)29-16-10-14-20-49(67)59-28-31-92-93-37-83-30-17-11-15-26-60-55(69)61-27-25-38-35-66(52-51(38)53(68)63-54(58)62-52)50-34-45(84-8-2)46(86-50)36-85-90(73,74)88-91(75,76)87-89(70,71)72/h9,12-13,18-19,21-24,32-33,35,45-46,50H,7-8,10-11,14-17,20,26,28-31,34,36-37H2,1-6H3,(H11-,58,59,60,61,62,63,67,68,69,70,71,72,73,74,75,76,77,78,79,80,81,82)/p+1/t45?,46-,50-/m1/s1. The summed E-state index contributed by atoms with van der Waals surface area (Å²) in [5.41, 5.74) is 9.16. The van der Waals surface area contributed by atoms with Gasteiger partial charge in [-0.2, -0.15) is 35.0 Å². The number of urea groups is 1. The van der Waals surface area contributed by atoms with Crippen LogP contribution in [0.5, 0.6) is 0 Å². The van der Waals surface area contributed by atoms with Crippen molar-refractivity contribution in [3.63, 3.8) is 0 Å². The molecule has 95 heavy (non-hydrogen) atoms. The Morgan fingerprint density at radius 1 is 0.884 bits per heavy atom.